The van der Waals surface area contributed by atoms with Crippen molar-refractivity contribution >= 4 is 5.91 Å². The molecule has 1 aliphatic rings. The first-order valence-corrected chi connectivity index (χ1v) is 6.56. The normalized spacial score (nSPS) is 20.3. The van der Waals surface area contributed by atoms with E-state index < -0.39 is 0 Å². The van der Waals surface area contributed by atoms with Crippen LogP contribution in [0.5, 0.6) is 0 Å². The summed E-state index contributed by atoms with van der Waals surface area (Å²) in [6, 6.07) is 2.08. The minimum atomic E-state index is -0.374. The second kappa shape index (κ2) is 6.61. The van der Waals surface area contributed by atoms with E-state index in [0.29, 0.717) is 13.0 Å². The Morgan fingerprint density at radius 3 is 2.59 bits per heavy atom. The first-order valence-electron chi connectivity index (χ1n) is 6.56. The maximum absolute atomic E-state index is 12.3. The second-order valence-corrected chi connectivity index (χ2v) is 4.99. The Bertz CT molecular complexity index is 290. The van der Waals surface area contributed by atoms with Crippen LogP contribution in [0.25, 0.3) is 0 Å². The first-order chi connectivity index (χ1) is 8.18. The first kappa shape index (κ1) is 14.0. The molecule has 0 aliphatic heterocycles. The van der Waals surface area contributed by atoms with Gasteiger partial charge in [0.05, 0.1) is 17.9 Å². The van der Waals surface area contributed by atoms with Crippen molar-refractivity contribution in [3.8, 4) is 6.07 Å². The van der Waals surface area contributed by atoms with Gasteiger partial charge in [0.1, 0.15) is 0 Å². The third kappa shape index (κ3) is 3.44. The van der Waals surface area contributed by atoms with Crippen LogP contribution in [0.1, 0.15) is 51.9 Å². The lowest BCUT2D eigenvalue weighted by molar-refractivity contribution is -0.133. The van der Waals surface area contributed by atoms with E-state index in [0.717, 1.165) is 32.1 Å². The zero-order valence-electron chi connectivity index (χ0n) is 10.7. The lowest BCUT2D eigenvalue weighted by atomic mass is 9.73. The molecule has 0 radical (unpaired) electrons. The molecule has 0 spiro atoms. The highest BCUT2D eigenvalue weighted by Gasteiger charge is 2.38. The molecule has 1 fully saturated rings. The molecule has 0 bridgehead atoms. The van der Waals surface area contributed by atoms with Crippen LogP contribution in [0.4, 0.5) is 0 Å². The van der Waals surface area contributed by atoms with E-state index in [4.69, 9.17) is 11.0 Å². The van der Waals surface area contributed by atoms with Gasteiger partial charge in [0.2, 0.25) is 5.91 Å². The SMILES string of the molecule is CCC(CC#N)NC(=O)C1(CN)CCCCC1. The van der Waals surface area contributed by atoms with Gasteiger partial charge in [-0.3, -0.25) is 4.79 Å². The molecule has 3 N–H and O–H groups in total. The van der Waals surface area contributed by atoms with Crippen LogP contribution in [-0.2, 0) is 4.79 Å². The second-order valence-electron chi connectivity index (χ2n) is 4.99. The molecule has 1 saturated carbocycles. The molecule has 0 aromatic rings. The molecule has 1 aliphatic carbocycles. The summed E-state index contributed by atoms with van der Waals surface area (Å²) in [5.74, 6) is 0.0572. The van der Waals surface area contributed by atoms with Crippen LogP contribution in [0.15, 0.2) is 0 Å². The fraction of sp³-hybridized carbons (Fsp3) is 0.846. The minimum Gasteiger partial charge on any atom is -0.352 e. The number of hydrogen-bond acceptors (Lipinski definition) is 3. The largest absolute Gasteiger partial charge is 0.352 e. The monoisotopic (exact) mass is 237 g/mol. The Morgan fingerprint density at radius 1 is 1.47 bits per heavy atom. The van der Waals surface area contributed by atoms with Gasteiger partial charge in [-0.15, -0.1) is 0 Å². The zero-order valence-corrected chi connectivity index (χ0v) is 10.7. The predicted octanol–water partition coefficient (Wildman–Crippen LogP) is 1.70. The highest BCUT2D eigenvalue weighted by atomic mass is 16.2. The quantitative estimate of drug-likeness (QED) is 0.764. The highest BCUT2D eigenvalue weighted by molar-refractivity contribution is 5.83. The van der Waals surface area contributed by atoms with E-state index >= 15 is 0 Å². The molecule has 1 unspecified atom stereocenters. The van der Waals surface area contributed by atoms with Gasteiger partial charge in [0.15, 0.2) is 0 Å². The summed E-state index contributed by atoms with van der Waals surface area (Å²) in [6.07, 6.45) is 6.31. The van der Waals surface area contributed by atoms with Crippen molar-refractivity contribution < 1.29 is 4.79 Å². The highest BCUT2D eigenvalue weighted by Crippen LogP contribution is 2.35. The van der Waals surface area contributed by atoms with Crippen molar-refractivity contribution in [1.29, 1.82) is 5.26 Å². The van der Waals surface area contributed by atoms with Crippen molar-refractivity contribution in [2.24, 2.45) is 11.1 Å². The number of rotatable bonds is 5. The topological polar surface area (TPSA) is 78.9 Å². The van der Waals surface area contributed by atoms with Gasteiger partial charge in [0.25, 0.3) is 0 Å². The Kier molecular flexibility index (Phi) is 5.43. The number of nitrogens with two attached hydrogens (primary N) is 1. The molecule has 1 atom stereocenters. The third-order valence-electron chi connectivity index (χ3n) is 3.85. The zero-order chi connectivity index (χ0) is 12.7. The Hall–Kier alpha value is -1.08. The van der Waals surface area contributed by atoms with Crippen molar-refractivity contribution in [2.75, 3.05) is 6.54 Å². The lowest BCUT2D eigenvalue weighted by Gasteiger charge is -2.35. The van der Waals surface area contributed by atoms with Crippen molar-refractivity contribution in [1.82, 2.24) is 5.32 Å². The maximum atomic E-state index is 12.3. The molecule has 17 heavy (non-hydrogen) atoms. The van der Waals surface area contributed by atoms with Gasteiger partial charge in [-0.2, -0.15) is 5.26 Å². The van der Waals surface area contributed by atoms with Crippen LogP contribution in [-0.4, -0.2) is 18.5 Å². The standard InChI is InChI=1S/C13H23N3O/c1-2-11(6-9-14)16-12(17)13(10-15)7-4-3-5-8-13/h11H,2-8,10,15H2,1H3,(H,16,17). The average Bonchev–Trinajstić information content (AvgIpc) is 2.38. The van der Waals surface area contributed by atoms with Gasteiger partial charge in [0, 0.05) is 12.6 Å². The van der Waals surface area contributed by atoms with Gasteiger partial charge in [-0.1, -0.05) is 26.2 Å². The molecule has 0 saturated heterocycles. The number of carbonyl (C=O) groups is 1. The number of carbonyl (C=O) groups excluding carboxylic acids is 1. The lowest BCUT2D eigenvalue weighted by Crippen LogP contribution is -2.50. The van der Waals surface area contributed by atoms with Gasteiger partial charge >= 0.3 is 0 Å². The summed E-state index contributed by atoms with van der Waals surface area (Å²) in [7, 11) is 0. The summed E-state index contributed by atoms with van der Waals surface area (Å²) in [5.41, 5.74) is 5.43. The number of amides is 1. The molecule has 0 heterocycles. The summed E-state index contributed by atoms with van der Waals surface area (Å²) < 4.78 is 0. The Balaban J connectivity index is 2.62. The van der Waals surface area contributed by atoms with Gasteiger partial charge < -0.3 is 11.1 Å². The van der Waals surface area contributed by atoms with E-state index in [1.165, 1.54) is 6.42 Å². The fourth-order valence-corrected chi connectivity index (χ4v) is 2.50. The number of hydrogen-bond donors (Lipinski definition) is 2. The Labute approximate surface area is 104 Å². The summed E-state index contributed by atoms with van der Waals surface area (Å²) in [5, 5.41) is 11.7. The summed E-state index contributed by atoms with van der Waals surface area (Å²) in [6.45, 7) is 2.40. The van der Waals surface area contributed by atoms with E-state index in [-0.39, 0.29) is 17.4 Å². The van der Waals surface area contributed by atoms with Gasteiger partial charge in [-0.25, -0.2) is 0 Å². The fourth-order valence-electron chi connectivity index (χ4n) is 2.50. The van der Waals surface area contributed by atoms with E-state index in [2.05, 4.69) is 11.4 Å². The molecule has 1 amide bonds. The molecule has 0 aromatic heterocycles. The molecule has 4 nitrogen and oxygen atoms in total. The van der Waals surface area contributed by atoms with Crippen LogP contribution in [0.3, 0.4) is 0 Å². The van der Waals surface area contributed by atoms with E-state index in [9.17, 15) is 4.79 Å². The average molecular weight is 237 g/mol. The molecular formula is C13H23N3O. The molecule has 0 aromatic carbocycles. The molecule has 96 valence electrons. The molecular weight excluding hydrogens is 214 g/mol. The summed E-state index contributed by atoms with van der Waals surface area (Å²) >= 11 is 0. The Morgan fingerprint density at radius 2 is 2.12 bits per heavy atom. The van der Waals surface area contributed by atoms with Crippen LogP contribution in [0, 0.1) is 16.7 Å². The van der Waals surface area contributed by atoms with E-state index in [1.54, 1.807) is 0 Å². The third-order valence-corrected chi connectivity index (χ3v) is 3.85. The number of nitrogens with zero attached hydrogens (tertiary/aromatic N) is 1. The van der Waals surface area contributed by atoms with Crippen LogP contribution in [0.2, 0.25) is 0 Å². The van der Waals surface area contributed by atoms with Crippen molar-refractivity contribution in [2.45, 2.75) is 57.9 Å². The number of nitrogens with one attached hydrogen (secondary N) is 1. The summed E-state index contributed by atoms with van der Waals surface area (Å²) in [4.78, 5) is 12.3. The molecule has 4 heteroatoms. The molecule has 1 rings (SSSR count). The minimum absolute atomic E-state index is 0.0298. The van der Waals surface area contributed by atoms with E-state index in [1.807, 2.05) is 6.92 Å². The van der Waals surface area contributed by atoms with Crippen molar-refractivity contribution in [3.05, 3.63) is 0 Å². The smallest absolute Gasteiger partial charge is 0.227 e. The predicted molar refractivity (Wildman–Crippen MR) is 67.0 cm³/mol. The van der Waals surface area contributed by atoms with Crippen LogP contribution >= 0.6 is 0 Å². The van der Waals surface area contributed by atoms with Crippen molar-refractivity contribution in [3.63, 3.8) is 0 Å². The number of nitriles is 1. The maximum Gasteiger partial charge on any atom is 0.227 e. The van der Waals surface area contributed by atoms with Crippen LogP contribution < -0.4 is 11.1 Å². The van der Waals surface area contributed by atoms with Gasteiger partial charge in [-0.05, 0) is 19.3 Å².